The summed E-state index contributed by atoms with van der Waals surface area (Å²) in [7, 11) is 1.63. The molecule has 0 spiro atoms. The Morgan fingerprint density at radius 2 is 1.81 bits per heavy atom. The first-order valence-electron chi connectivity index (χ1n) is 10.0. The van der Waals surface area contributed by atoms with Gasteiger partial charge in [-0.2, -0.15) is 0 Å². The zero-order valence-corrected chi connectivity index (χ0v) is 18.9. The van der Waals surface area contributed by atoms with Gasteiger partial charge in [-0.3, -0.25) is 14.3 Å². The Balaban J connectivity index is 1.59. The number of amides is 1. The van der Waals surface area contributed by atoms with Crippen molar-refractivity contribution in [2.75, 3.05) is 18.2 Å². The lowest BCUT2D eigenvalue weighted by Crippen LogP contribution is -2.14. The first-order valence-corrected chi connectivity index (χ1v) is 11.0. The Morgan fingerprint density at radius 3 is 2.47 bits per heavy atom. The van der Waals surface area contributed by atoms with E-state index < -0.39 is 0 Å². The highest BCUT2D eigenvalue weighted by molar-refractivity contribution is 7.99. The maximum Gasteiger partial charge on any atom is 0.234 e. The van der Waals surface area contributed by atoms with Crippen LogP contribution in [-0.4, -0.2) is 38.5 Å². The zero-order valence-electron chi connectivity index (χ0n) is 18.1. The highest BCUT2D eigenvalue weighted by Gasteiger charge is 2.17. The number of pyridine rings is 1. The summed E-state index contributed by atoms with van der Waals surface area (Å²) in [5.41, 5.74) is 4.71. The molecule has 7 nitrogen and oxygen atoms in total. The van der Waals surface area contributed by atoms with E-state index in [0.29, 0.717) is 11.0 Å². The lowest BCUT2D eigenvalue weighted by Gasteiger charge is -2.11. The SMILES string of the molecule is COc1ccc(-n2c(SCC(=O)Nc3cc(C)cc(C)c3)nnc2-c2cccnc2)cc1. The van der Waals surface area contributed by atoms with E-state index in [1.54, 1.807) is 19.5 Å². The molecule has 0 radical (unpaired) electrons. The molecule has 32 heavy (non-hydrogen) atoms. The van der Waals surface area contributed by atoms with E-state index >= 15 is 0 Å². The van der Waals surface area contributed by atoms with Gasteiger partial charge >= 0.3 is 0 Å². The summed E-state index contributed by atoms with van der Waals surface area (Å²) in [5, 5.41) is 12.3. The summed E-state index contributed by atoms with van der Waals surface area (Å²) >= 11 is 1.33. The van der Waals surface area contributed by atoms with Crippen LogP contribution in [0.15, 0.2) is 72.1 Å². The van der Waals surface area contributed by atoms with Crippen molar-refractivity contribution in [1.29, 1.82) is 0 Å². The largest absolute Gasteiger partial charge is 0.497 e. The molecule has 4 rings (SSSR count). The Morgan fingerprint density at radius 1 is 1.06 bits per heavy atom. The lowest BCUT2D eigenvalue weighted by molar-refractivity contribution is -0.113. The fourth-order valence-electron chi connectivity index (χ4n) is 3.38. The van der Waals surface area contributed by atoms with Crippen LogP contribution in [0.1, 0.15) is 11.1 Å². The molecule has 0 atom stereocenters. The molecule has 2 heterocycles. The summed E-state index contributed by atoms with van der Waals surface area (Å²) in [6.07, 6.45) is 3.45. The normalized spacial score (nSPS) is 10.7. The summed E-state index contributed by atoms with van der Waals surface area (Å²) in [4.78, 5) is 16.8. The van der Waals surface area contributed by atoms with Gasteiger partial charge in [-0.05, 0) is 73.5 Å². The van der Waals surface area contributed by atoms with Gasteiger partial charge in [-0.1, -0.05) is 17.8 Å². The number of thioether (sulfide) groups is 1. The molecule has 2 aromatic heterocycles. The van der Waals surface area contributed by atoms with Gasteiger partial charge in [0.05, 0.1) is 12.9 Å². The first kappa shape index (κ1) is 21.6. The van der Waals surface area contributed by atoms with E-state index in [0.717, 1.165) is 33.8 Å². The summed E-state index contributed by atoms with van der Waals surface area (Å²) in [6.45, 7) is 4.02. The van der Waals surface area contributed by atoms with Gasteiger partial charge < -0.3 is 10.1 Å². The molecule has 0 fully saturated rings. The molecule has 0 aliphatic rings. The molecule has 0 aliphatic heterocycles. The van der Waals surface area contributed by atoms with Crippen molar-refractivity contribution in [3.05, 3.63) is 78.1 Å². The second kappa shape index (κ2) is 9.65. The van der Waals surface area contributed by atoms with Crippen molar-refractivity contribution < 1.29 is 9.53 Å². The average Bonchev–Trinajstić information content (AvgIpc) is 3.21. The van der Waals surface area contributed by atoms with Crippen LogP contribution in [0, 0.1) is 13.8 Å². The van der Waals surface area contributed by atoms with E-state index in [-0.39, 0.29) is 11.7 Å². The minimum Gasteiger partial charge on any atom is -0.497 e. The number of rotatable bonds is 7. The minimum atomic E-state index is -0.104. The van der Waals surface area contributed by atoms with Crippen LogP contribution in [0.3, 0.4) is 0 Å². The summed E-state index contributed by atoms with van der Waals surface area (Å²) < 4.78 is 7.20. The third-order valence-electron chi connectivity index (χ3n) is 4.72. The van der Waals surface area contributed by atoms with Gasteiger partial charge in [0.2, 0.25) is 5.91 Å². The van der Waals surface area contributed by atoms with Gasteiger partial charge in [-0.25, -0.2) is 0 Å². The molecule has 4 aromatic rings. The Kier molecular flexibility index (Phi) is 6.51. The van der Waals surface area contributed by atoms with E-state index in [1.807, 2.05) is 66.9 Å². The van der Waals surface area contributed by atoms with Crippen molar-refractivity contribution in [2.45, 2.75) is 19.0 Å². The molecule has 2 aromatic carbocycles. The van der Waals surface area contributed by atoms with Gasteiger partial charge in [-0.15, -0.1) is 10.2 Å². The number of ether oxygens (including phenoxy) is 1. The Hall–Kier alpha value is -3.65. The lowest BCUT2D eigenvalue weighted by atomic mass is 10.1. The average molecular weight is 446 g/mol. The van der Waals surface area contributed by atoms with Crippen LogP contribution in [0.25, 0.3) is 17.1 Å². The first-order chi connectivity index (χ1) is 15.5. The number of anilines is 1. The quantitative estimate of drug-likeness (QED) is 0.416. The molecule has 1 amide bonds. The van der Waals surface area contributed by atoms with Crippen LogP contribution in [0.5, 0.6) is 5.75 Å². The maximum atomic E-state index is 12.6. The summed E-state index contributed by atoms with van der Waals surface area (Å²) in [6, 6.07) is 17.4. The maximum absolute atomic E-state index is 12.6. The molecule has 0 unspecified atom stereocenters. The number of methoxy groups -OCH3 is 1. The Bertz CT molecular complexity index is 1200. The van der Waals surface area contributed by atoms with E-state index in [4.69, 9.17) is 4.74 Å². The van der Waals surface area contributed by atoms with Crippen molar-refractivity contribution >= 4 is 23.4 Å². The van der Waals surface area contributed by atoms with Crippen LogP contribution in [0.4, 0.5) is 5.69 Å². The highest BCUT2D eigenvalue weighted by Crippen LogP contribution is 2.28. The van der Waals surface area contributed by atoms with E-state index in [2.05, 4.69) is 26.6 Å². The molecule has 1 N–H and O–H groups in total. The van der Waals surface area contributed by atoms with Crippen molar-refractivity contribution in [1.82, 2.24) is 19.7 Å². The zero-order chi connectivity index (χ0) is 22.5. The molecule has 0 bridgehead atoms. The monoisotopic (exact) mass is 445 g/mol. The smallest absolute Gasteiger partial charge is 0.234 e. The van der Waals surface area contributed by atoms with Crippen molar-refractivity contribution in [2.24, 2.45) is 0 Å². The molecular formula is C24H23N5O2S. The number of benzene rings is 2. The van der Waals surface area contributed by atoms with Crippen LogP contribution in [0.2, 0.25) is 0 Å². The van der Waals surface area contributed by atoms with Crippen molar-refractivity contribution in [3.8, 4) is 22.8 Å². The van der Waals surface area contributed by atoms with E-state index in [9.17, 15) is 4.79 Å². The van der Waals surface area contributed by atoms with Crippen LogP contribution >= 0.6 is 11.8 Å². The van der Waals surface area contributed by atoms with Gasteiger partial charge in [0, 0.05) is 29.3 Å². The molecule has 8 heteroatoms. The predicted molar refractivity (Wildman–Crippen MR) is 126 cm³/mol. The number of hydrogen-bond acceptors (Lipinski definition) is 6. The Labute approximate surface area is 190 Å². The molecule has 162 valence electrons. The number of nitrogens with zero attached hydrogens (tertiary/aromatic N) is 4. The van der Waals surface area contributed by atoms with Gasteiger partial charge in [0.1, 0.15) is 5.75 Å². The molecular weight excluding hydrogens is 422 g/mol. The fraction of sp³-hybridized carbons (Fsp3) is 0.167. The van der Waals surface area contributed by atoms with Crippen LogP contribution < -0.4 is 10.1 Å². The minimum absolute atomic E-state index is 0.104. The topological polar surface area (TPSA) is 81.9 Å². The van der Waals surface area contributed by atoms with Crippen LogP contribution in [-0.2, 0) is 4.79 Å². The third kappa shape index (κ3) is 4.97. The number of carbonyl (C=O) groups is 1. The highest BCUT2D eigenvalue weighted by atomic mass is 32.2. The van der Waals surface area contributed by atoms with Gasteiger partial charge in [0.15, 0.2) is 11.0 Å². The second-order valence-electron chi connectivity index (χ2n) is 7.29. The third-order valence-corrected chi connectivity index (χ3v) is 5.65. The number of nitrogens with one attached hydrogen (secondary N) is 1. The molecule has 0 aliphatic carbocycles. The number of aromatic nitrogens is 4. The van der Waals surface area contributed by atoms with E-state index in [1.165, 1.54) is 11.8 Å². The number of carbonyl (C=O) groups excluding carboxylic acids is 1. The molecule has 0 saturated carbocycles. The number of aryl methyl sites for hydroxylation is 2. The number of hydrogen-bond donors (Lipinski definition) is 1. The van der Waals surface area contributed by atoms with Crippen molar-refractivity contribution in [3.63, 3.8) is 0 Å². The van der Waals surface area contributed by atoms with Gasteiger partial charge in [0.25, 0.3) is 0 Å². The standard InChI is InChI=1S/C24H23N5O2S/c1-16-11-17(2)13-19(12-16)26-22(30)15-32-24-28-27-23(18-5-4-10-25-14-18)29(24)20-6-8-21(31-3)9-7-20/h4-14H,15H2,1-3H3,(H,26,30). The second-order valence-corrected chi connectivity index (χ2v) is 8.24. The fourth-order valence-corrected chi connectivity index (χ4v) is 4.14. The predicted octanol–water partition coefficient (Wildman–Crippen LogP) is 4.69. The summed E-state index contributed by atoms with van der Waals surface area (Å²) in [5.74, 6) is 1.51. The molecule has 0 saturated heterocycles.